The summed E-state index contributed by atoms with van der Waals surface area (Å²) in [5, 5.41) is 3.28. The van der Waals surface area contributed by atoms with Crippen LogP contribution < -0.4 is 5.32 Å². The summed E-state index contributed by atoms with van der Waals surface area (Å²) in [4.78, 5) is 4.30. The Morgan fingerprint density at radius 2 is 1.94 bits per heavy atom. The minimum atomic E-state index is -0.150. The van der Waals surface area contributed by atoms with Gasteiger partial charge >= 0.3 is 0 Å². The third-order valence-corrected chi connectivity index (χ3v) is 2.98. The van der Waals surface area contributed by atoms with Gasteiger partial charge in [-0.25, -0.2) is 4.39 Å². The van der Waals surface area contributed by atoms with Crippen LogP contribution in [0.15, 0.2) is 36.5 Å². The summed E-state index contributed by atoms with van der Waals surface area (Å²) in [6.07, 6.45) is 1.79. The number of nitrogens with one attached hydrogen (secondary N) is 1. The van der Waals surface area contributed by atoms with E-state index in [-0.39, 0.29) is 5.82 Å². The van der Waals surface area contributed by atoms with Gasteiger partial charge in [0.2, 0.25) is 0 Å². The second-order valence-corrected chi connectivity index (χ2v) is 4.45. The van der Waals surface area contributed by atoms with Crippen LogP contribution in [0.2, 0.25) is 0 Å². The molecule has 0 bridgehead atoms. The fourth-order valence-electron chi connectivity index (χ4n) is 1.78. The zero-order valence-corrected chi connectivity index (χ0v) is 10.7. The lowest BCUT2D eigenvalue weighted by Crippen LogP contribution is -2.14. The highest BCUT2D eigenvalue weighted by Gasteiger charge is 2.01. The summed E-state index contributed by atoms with van der Waals surface area (Å²) in [5.41, 5.74) is 3.83. The van der Waals surface area contributed by atoms with Crippen LogP contribution in [0.5, 0.6) is 0 Å². The third kappa shape index (κ3) is 3.14. The first kappa shape index (κ1) is 12.7. The molecule has 2 rings (SSSR count). The summed E-state index contributed by atoms with van der Waals surface area (Å²) >= 11 is 0. The largest absolute Gasteiger partial charge is 0.307 e. The molecule has 0 aliphatic rings. The van der Waals surface area contributed by atoms with Crippen LogP contribution in [0, 0.1) is 19.7 Å². The lowest BCUT2D eigenvalue weighted by atomic mass is 10.1. The molecule has 0 spiro atoms. The number of pyridine rings is 1. The molecule has 0 atom stereocenters. The summed E-state index contributed by atoms with van der Waals surface area (Å²) in [6, 6.07) is 9.28. The maximum absolute atomic E-state index is 13.4. The molecule has 0 radical (unpaired) electrons. The van der Waals surface area contributed by atoms with Crippen LogP contribution in [0.4, 0.5) is 4.39 Å². The summed E-state index contributed by atoms with van der Waals surface area (Å²) in [6.45, 7) is 5.15. The first-order valence-corrected chi connectivity index (χ1v) is 6.03. The fraction of sp³-hybridized carbons (Fsp3) is 0.267. The average Bonchev–Trinajstić information content (AvgIpc) is 2.36. The van der Waals surface area contributed by atoms with Crippen LogP contribution in [0.25, 0.3) is 0 Å². The average molecular weight is 244 g/mol. The number of halogens is 1. The second-order valence-electron chi connectivity index (χ2n) is 4.45. The van der Waals surface area contributed by atoms with Crippen LogP contribution in [-0.4, -0.2) is 4.98 Å². The Morgan fingerprint density at radius 3 is 2.67 bits per heavy atom. The molecular formula is C15H17FN2. The van der Waals surface area contributed by atoms with Crippen molar-refractivity contribution in [2.75, 3.05) is 0 Å². The predicted molar refractivity (Wildman–Crippen MR) is 70.7 cm³/mol. The normalized spacial score (nSPS) is 10.6. The van der Waals surface area contributed by atoms with Crippen LogP contribution in [0.3, 0.4) is 0 Å². The minimum absolute atomic E-state index is 0.150. The lowest BCUT2D eigenvalue weighted by Gasteiger charge is -2.07. The van der Waals surface area contributed by atoms with E-state index >= 15 is 0 Å². The third-order valence-electron chi connectivity index (χ3n) is 2.98. The van der Waals surface area contributed by atoms with Crippen molar-refractivity contribution in [3.05, 3.63) is 64.7 Å². The van der Waals surface area contributed by atoms with Gasteiger partial charge in [0.15, 0.2) is 0 Å². The van der Waals surface area contributed by atoms with Crippen molar-refractivity contribution in [3.8, 4) is 0 Å². The van der Waals surface area contributed by atoms with Crippen molar-refractivity contribution < 1.29 is 4.39 Å². The van der Waals surface area contributed by atoms with E-state index in [4.69, 9.17) is 0 Å². The Balaban J connectivity index is 1.92. The molecule has 0 fully saturated rings. The van der Waals surface area contributed by atoms with Gasteiger partial charge in [0.25, 0.3) is 0 Å². The van der Waals surface area contributed by atoms with E-state index in [1.165, 1.54) is 5.56 Å². The van der Waals surface area contributed by atoms with Gasteiger partial charge in [0, 0.05) is 19.3 Å². The number of benzene rings is 1. The van der Waals surface area contributed by atoms with Crippen LogP contribution in [-0.2, 0) is 13.1 Å². The highest BCUT2D eigenvalue weighted by atomic mass is 19.1. The van der Waals surface area contributed by atoms with Gasteiger partial charge in [-0.15, -0.1) is 0 Å². The fourth-order valence-corrected chi connectivity index (χ4v) is 1.78. The summed E-state index contributed by atoms with van der Waals surface area (Å²) < 4.78 is 13.4. The zero-order chi connectivity index (χ0) is 13.0. The molecule has 0 unspecified atom stereocenters. The Labute approximate surface area is 107 Å². The van der Waals surface area contributed by atoms with E-state index in [0.717, 1.165) is 11.3 Å². The van der Waals surface area contributed by atoms with E-state index in [1.807, 2.05) is 25.1 Å². The van der Waals surface area contributed by atoms with Crippen molar-refractivity contribution in [2.45, 2.75) is 26.9 Å². The smallest absolute Gasteiger partial charge is 0.126 e. The topological polar surface area (TPSA) is 24.9 Å². The molecule has 1 N–H and O–H groups in total. The molecule has 3 heteroatoms. The zero-order valence-electron chi connectivity index (χ0n) is 10.7. The van der Waals surface area contributed by atoms with E-state index in [0.29, 0.717) is 18.7 Å². The van der Waals surface area contributed by atoms with Crippen molar-refractivity contribution in [1.82, 2.24) is 10.3 Å². The highest BCUT2D eigenvalue weighted by molar-refractivity contribution is 5.23. The molecular weight excluding hydrogens is 227 g/mol. The quantitative estimate of drug-likeness (QED) is 0.893. The summed E-state index contributed by atoms with van der Waals surface area (Å²) in [5.74, 6) is -0.150. The van der Waals surface area contributed by atoms with Crippen molar-refractivity contribution in [2.24, 2.45) is 0 Å². The molecule has 2 nitrogen and oxygen atoms in total. The molecule has 1 heterocycles. The molecule has 0 aliphatic carbocycles. The van der Waals surface area contributed by atoms with E-state index < -0.39 is 0 Å². The number of hydrogen-bond donors (Lipinski definition) is 1. The molecule has 2 aromatic rings. The number of aryl methyl sites for hydroxylation is 2. The number of nitrogens with zero attached hydrogens (tertiary/aromatic N) is 1. The second kappa shape index (κ2) is 5.74. The first-order valence-electron chi connectivity index (χ1n) is 6.03. The van der Waals surface area contributed by atoms with Gasteiger partial charge in [-0.2, -0.15) is 0 Å². The van der Waals surface area contributed by atoms with Crippen molar-refractivity contribution >= 4 is 0 Å². The van der Waals surface area contributed by atoms with Gasteiger partial charge in [0.1, 0.15) is 5.82 Å². The van der Waals surface area contributed by atoms with Gasteiger partial charge in [-0.05, 0) is 42.7 Å². The Hall–Kier alpha value is -1.74. The molecule has 94 valence electrons. The minimum Gasteiger partial charge on any atom is -0.307 e. The molecule has 18 heavy (non-hydrogen) atoms. The van der Waals surface area contributed by atoms with Gasteiger partial charge in [-0.3, -0.25) is 4.98 Å². The SMILES string of the molecule is Cc1ccc(CNCc2ncccc2C)cc1F. The number of rotatable bonds is 4. The van der Waals surface area contributed by atoms with E-state index in [9.17, 15) is 4.39 Å². The Morgan fingerprint density at radius 1 is 1.11 bits per heavy atom. The Kier molecular flexibility index (Phi) is 4.05. The molecule has 0 saturated carbocycles. The van der Waals surface area contributed by atoms with Crippen LogP contribution >= 0.6 is 0 Å². The van der Waals surface area contributed by atoms with E-state index in [1.54, 1.807) is 25.3 Å². The predicted octanol–water partition coefficient (Wildman–Crippen LogP) is 3.13. The van der Waals surface area contributed by atoms with E-state index in [2.05, 4.69) is 10.3 Å². The Bertz CT molecular complexity index is 538. The van der Waals surface area contributed by atoms with Gasteiger partial charge in [-0.1, -0.05) is 18.2 Å². The molecule has 1 aromatic carbocycles. The standard InChI is InChI=1S/C15H17FN2/c1-11-5-6-13(8-14(11)16)9-17-10-15-12(2)4-3-7-18-15/h3-8,17H,9-10H2,1-2H3. The van der Waals surface area contributed by atoms with Crippen molar-refractivity contribution in [1.29, 1.82) is 0 Å². The number of hydrogen-bond acceptors (Lipinski definition) is 2. The molecule has 0 amide bonds. The monoisotopic (exact) mass is 244 g/mol. The maximum atomic E-state index is 13.4. The highest BCUT2D eigenvalue weighted by Crippen LogP contribution is 2.09. The molecule has 0 aliphatic heterocycles. The lowest BCUT2D eigenvalue weighted by molar-refractivity contribution is 0.610. The van der Waals surface area contributed by atoms with Crippen molar-refractivity contribution in [3.63, 3.8) is 0 Å². The summed E-state index contributed by atoms with van der Waals surface area (Å²) in [7, 11) is 0. The maximum Gasteiger partial charge on any atom is 0.126 e. The molecule has 1 aromatic heterocycles. The van der Waals surface area contributed by atoms with Crippen LogP contribution in [0.1, 0.15) is 22.4 Å². The van der Waals surface area contributed by atoms with Gasteiger partial charge < -0.3 is 5.32 Å². The van der Waals surface area contributed by atoms with Gasteiger partial charge in [0.05, 0.1) is 5.69 Å². The first-order chi connectivity index (χ1) is 8.66. The molecule has 0 saturated heterocycles. The number of aromatic nitrogens is 1.